The van der Waals surface area contributed by atoms with Crippen molar-refractivity contribution < 1.29 is 33.0 Å². The van der Waals surface area contributed by atoms with E-state index in [1.807, 2.05) is 0 Å². The van der Waals surface area contributed by atoms with Crippen molar-refractivity contribution in [2.45, 2.75) is 0 Å². The number of carbonyl (C=O) groups is 2. The van der Waals surface area contributed by atoms with Gasteiger partial charge in [-0.25, -0.2) is 4.79 Å². The monoisotopic (exact) mass is 320 g/mol. The van der Waals surface area contributed by atoms with E-state index in [1.165, 1.54) is 40.6 Å². The molecular formula is C16H16O7. The Morgan fingerprint density at radius 2 is 1.74 bits per heavy atom. The van der Waals surface area contributed by atoms with E-state index in [0.717, 1.165) is 0 Å². The lowest BCUT2D eigenvalue weighted by atomic mass is 10.0. The summed E-state index contributed by atoms with van der Waals surface area (Å²) in [5.41, 5.74) is 0.471. The van der Waals surface area contributed by atoms with Gasteiger partial charge >= 0.3 is 5.97 Å². The Balaban J connectivity index is 2.83. The van der Waals surface area contributed by atoms with Crippen molar-refractivity contribution in [3.05, 3.63) is 29.5 Å². The number of hydrogen-bond acceptors (Lipinski definition) is 7. The highest BCUT2D eigenvalue weighted by Crippen LogP contribution is 2.47. The fourth-order valence-electron chi connectivity index (χ4n) is 2.22. The van der Waals surface area contributed by atoms with Crippen LogP contribution in [0.4, 0.5) is 0 Å². The van der Waals surface area contributed by atoms with Crippen LogP contribution in [0.1, 0.15) is 20.9 Å². The van der Waals surface area contributed by atoms with Gasteiger partial charge in [-0.2, -0.15) is 0 Å². The Bertz CT molecular complexity index is 730. The van der Waals surface area contributed by atoms with Crippen LogP contribution in [0.5, 0.6) is 17.2 Å². The van der Waals surface area contributed by atoms with Crippen molar-refractivity contribution in [1.29, 1.82) is 0 Å². The number of aldehydes is 1. The zero-order valence-corrected chi connectivity index (χ0v) is 13.2. The summed E-state index contributed by atoms with van der Waals surface area (Å²) in [4.78, 5) is 23.0. The predicted octanol–water partition coefficient (Wildman–Crippen LogP) is 2.57. The topological polar surface area (TPSA) is 84.2 Å². The highest BCUT2D eigenvalue weighted by atomic mass is 16.5. The first-order valence-electron chi connectivity index (χ1n) is 6.57. The van der Waals surface area contributed by atoms with E-state index in [4.69, 9.17) is 23.4 Å². The Hall–Kier alpha value is -2.96. The minimum atomic E-state index is -0.608. The molecule has 2 aromatic rings. The minimum absolute atomic E-state index is 0.118. The van der Waals surface area contributed by atoms with Crippen molar-refractivity contribution in [1.82, 2.24) is 0 Å². The van der Waals surface area contributed by atoms with Gasteiger partial charge in [-0.05, 0) is 18.2 Å². The van der Waals surface area contributed by atoms with E-state index in [9.17, 15) is 9.59 Å². The van der Waals surface area contributed by atoms with Crippen LogP contribution in [0.3, 0.4) is 0 Å². The van der Waals surface area contributed by atoms with E-state index in [1.54, 1.807) is 6.07 Å². The van der Waals surface area contributed by atoms with Crippen LogP contribution >= 0.6 is 0 Å². The lowest BCUT2D eigenvalue weighted by Gasteiger charge is -2.17. The number of esters is 1. The summed E-state index contributed by atoms with van der Waals surface area (Å²) in [5, 5.41) is 0. The molecule has 0 saturated carbocycles. The standard InChI is InChI=1S/C16H16O7/c1-19-12-7-10(16(18)22-4)13(15(21-3)14(12)20-2)11-6-5-9(8-17)23-11/h5-8H,1-4H3. The molecule has 0 aliphatic carbocycles. The zero-order chi connectivity index (χ0) is 17.0. The quantitative estimate of drug-likeness (QED) is 0.597. The van der Waals surface area contributed by atoms with Crippen LogP contribution < -0.4 is 14.2 Å². The predicted molar refractivity (Wildman–Crippen MR) is 80.5 cm³/mol. The maximum atomic E-state index is 12.1. The molecule has 1 heterocycles. The van der Waals surface area contributed by atoms with Gasteiger partial charge in [0.2, 0.25) is 5.75 Å². The van der Waals surface area contributed by atoms with E-state index in [-0.39, 0.29) is 22.8 Å². The third-order valence-electron chi connectivity index (χ3n) is 3.22. The number of rotatable bonds is 6. The smallest absolute Gasteiger partial charge is 0.338 e. The molecule has 0 radical (unpaired) electrons. The first-order valence-corrected chi connectivity index (χ1v) is 6.57. The van der Waals surface area contributed by atoms with E-state index in [2.05, 4.69) is 0 Å². The molecule has 7 nitrogen and oxygen atoms in total. The second-order valence-electron chi connectivity index (χ2n) is 4.38. The normalized spacial score (nSPS) is 10.1. The molecular weight excluding hydrogens is 304 g/mol. The third kappa shape index (κ3) is 2.85. The second kappa shape index (κ2) is 6.87. The maximum Gasteiger partial charge on any atom is 0.338 e. The van der Waals surface area contributed by atoms with Crippen LogP contribution in [0.15, 0.2) is 22.6 Å². The van der Waals surface area contributed by atoms with Crippen LogP contribution in [0, 0.1) is 0 Å². The molecule has 2 rings (SSSR count). The SMILES string of the molecule is COC(=O)c1cc(OC)c(OC)c(OC)c1-c1ccc(C=O)o1. The van der Waals surface area contributed by atoms with E-state index in [0.29, 0.717) is 23.3 Å². The van der Waals surface area contributed by atoms with Crippen LogP contribution in [-0.2, 0) is 4.74 Å². The first kappa shape index (κ1) is 16.4. The summed E-state index contributed by atoms with van der Waals surface area (Å²) in [6.45, 7) is 0. The molecule has 0 aliphatic heterocycles. The molecule has 7 heteroatoms. The maximum absolute atomic E-state index is 12.1. The average molecular weight is 320 g/mol. The van der Waals surface area contributed by atoms with Crippen LogP contribution in [0.2, 0.25) is 0 Å². The molecule has 0 atom stereocenters. The summed E-state index contributed by atoms with van der Waals surface area (Å²) < 4.78 is 26.1. The average Bonchev–Trinajstić information content (AvgIpc) is 3.07. The Labute approximate surface area is 132 Å². The van der Waals surface area contributed by atoms with Gasteiger partial charge in [0.25, 0.3) is 0 Å². The molecule has 122 valence electrons. The number of hydrogen-bond donors (Lipinski definition) is 0. The van der Waals surface area contributed by atoms with Crippen LogP contribution in [0.25, 0.3) is 11.3 Å². The molecule has 0 amide bonds. The fourth-order valence-corrected chi connectivity index (χ4v) is 2.22. The van der Waals surface area contributed by atoms with E-state index >= 15 is 0 Å². The van der Waals surface area contributed by atoms with Crippen LogP contribution in [-0.4, -0.2) is 40.7 Å². The molecule has 0 spiro atoms. The summed E-state index contributed by atoms with van der Waals surface area (Å²) in [5.74, 6) is 0.609. The van der Waals surface area contributed by atoms with Crippen molar-refractivity contribution in [2.75, 3.05) is 28.4 Å². The van der Waals surface area contributed by atoms with Gasteiger partial charge in [-0.1, -0.05) is 0 Å². The van der Waals surface area contributed by atoms with Crippen molar-refractivity contribution >= 4 is 12.3 Å². The number of ether oxygens (including phenoxy) is 4. The zero-order valence-electron chi connectivity index (χ0n) is 13.2. The Morgan fingerprint density at radius 3 is 2.22 bits per heavy atom. The van der Waals surface area contributed by atoms with Gasteiger partial charge < -0.3 is 23.4 Å². The highest BCUT2D eigenvalue weighted by Gasteiger charge is 2.27. The van der Waals surface area contributed by atoms with Gasteiger partial charge in [0.1, 0.15) is 5.76 Å². The molecule has 0 unspecified atom stereocenters. The lowest BCUT2D eigenvalue weighted by molar-refractivity contribution is 0.0600. The van der Waals surface area contributed by atoms with Gasteiger partial charge in [0.05, 0.1) is 39.6 Å². The fraction of sp³-hybridized carbons (Fsp3) is 0.250. The van der Waals surface area contributed by atoms with Gasteiger partial charge in [0.15, 0.2) is 23.5 Å². The highest BCUT2D eigenvalue weighted by molar-refractivity contribution is 6.00. The minimum Gasteiger partial charge on any atom is -0.493 e. The number of furan rings is 1. The molecule has 1 aromatic carbocycles. The Kier molecular flexibility index (Phi) is 4.90. The molecule has 0 fully saturated rings. The summed E-state index contributed by atoms with van der Waals surface area (Å²) in [7, 11) is 5.57. The lowest BCUT2D eigenvalue weighted by Crippen LogP contribution is -2.07. The molecule has 0 aliphatic rings. The summed E-state index contributed by atoms with van der Waals surface area (Å²) >= 11 is 0. The summed E-state index contributed by atoms with van der Waals surface area (Å²) in [6.07, 6.45) is 0.564. The molecule has 1 aromatic heterocycles. The van der Waals surface area contributed by atoms with Gasteiger partial charge in [0, 0.05) is 0 Å². The third-order valence-corrected chi connectivity index (χ3v) is 3.22. The largest absolute Gasteiger partial charge is 0.493 e. The number of benzene rings is 1. The molecule has 0 bridgehead atoms. The molecule has 0 N–H and O–H groups in total. The first-order chi connectivity index (χ1) is 11.1. The molecule has 23 heavy (non-hydrogen) atoms. The van der Waals surface area contributed by atoms with Crippen molar-refractivity contribution in [3.8, 4) is 28.6 Å². The molecule has 0 saturated heterocycles. The number of methoxy groups -OCH3 is 4. The Morgan fingerprint density at radius 1 is 1.04 bits per heavy atom. The van der Waals surface area contributed by atoms with Crippen molar-refractivity contribution in [3.63, 3.8) is 0 Å². The van der Waals surface area contributed by atoms with Crippen molar-refractivity contribution in [2.24, 2.45) is 0 Å². The van der Waals surface area contributed by atoms with Gasteiger partial charge in [-0.3, -0.25) is 4.79 Å². The van der Waals surface area contributed by atoms with E-state index < -0.39 is 5.97 Å². The van der Waals surface area contributed by atoms with Gasteiger partial charge in [-0.15, -0.1) is 0 Å². The summed E-state index contributed by atoms with van der Waals surface area (Å²) in [6, 6.07) is 4.51. The second-order valence-corrected chi connectivity index (χ2v) is 4.38. The number of carbonyl (C=O) groups excluding carboxylic acids is 2.